The Kier molecular flexibility index (Phi) is 4.70. The Morgan fingerprint density at radius 2 is 2.38 bits per heavy atom. The van der Waals surface area contributed by atoms with Gasteiger partial charge in [0.2, 0.25) is 0 Å². The summed E-state index contributed by atoms with van der Waals surface area (Å²) in [6.45, 7) is 5.62. The molecule has 3 unspecified atom stereocenters. The molecule has 1 fully saturated rings. The van der Waals surface area contributed by atoms with Crippen LogP contribution in [-0.4, -0.2) is 31.5 Å². The second-order valence-corrected chi connectivity index (χ2v) is 3.86. The highest BCUT2D eigenvalue weighted by Crippen LogP contribution is 2.18. The van der Waals surface area contributed by atoms with Gasteiger partial charge in [0.05, 0.1) is 18.8 Å². The Morgan fingerprint density at radius 1 is 1.62 bits per heavy atom. The molecule has 1 rings (SSSR count). The lowest BCUT2D eigenvalue weighted by Crippen LogP contribution is -2.33. The summed E-state index contributed by atoms with van der Waals surface area (Å²) in [6.07, 6.45) is 3.89. The van der Waals surface area contributed by atoms with Gasteiger partial charge in [-0.3, -0.25) is 0 Å². The molecule has 2 N–H and O–H groups in total. The molecule has 0 spiro atoms. The summed E-state index contributed by atoms with van der Waals surface area (Å²) in [7, 11) is 0. The van der Waals surface area contributed by atoms with E-state index in [0.29, 0.717) is 18.8 Å². The van der Waals surface area contributed by atoms with E-state index in [-0.39, 0.29) is 6.04 Å². The molecule has 1 aliphatic rings. The van der Waals surface area contributed by atoms with Gasteiger partial charge in [0.25, 0.3) is 0 Å². The van der Waals surface area contributed by atoms with Crippen molar-refractivity contribution in [1.29, 1.82) is 0 Å². The highest BCUT2D eigenvalue weighted by atomic mass is 16.5. The average Bonchev–Trinajstić information content (AvgIpc) is 2.15. The van der Waals surface area contributed by atoms with Crippen LogP contribution in [-0.2, 0) is 9.47 Å². The lowest BCUT2D eigenvalue weighted by molar-refractivity contribution is -0.0747. The molecule has 0 saturated carbocycles. The highest BCUT2D eigenvalue weighted by Gasteiger charge is 2.21. The van der Waals surface area contributed by atoms with Crippen molar-refractivity contribution in [2.45, 2.75) is 51.4 Å². The zero-order valence-corrected chi connectivity index (χ0v) is 8.66. The molecule has 3 atom stereocenters. The molecule has 13 heavy (non-hydrogen) atoms. The van der Waals surface area contributed by atoms with Crippen molar-refractivity contribution in [3.63, 3.8) is 0 Å². The van der Waals surface area contributed by atoms with Crippen molar-refractivity contribution in [2.24, 2.45) is 5.73 Å². The third kappa shape index (κ3) is 4.07. The number of hydrogen-bond acceptors (Lipinski definition) is 3. The number of nitrogens with two attached hydrogens (primary N) is 1. The maximum Gasteiger partial charge on any atom is 0.0622 e. The van der Waals surface area contributed by atoms with E-state index in [1.54, 1.807) is 0 Å². The predicted octanol–water partition coefficient (Wildman–Crippen LogP) is 1.31. The molecule has 1 saturated heterocycles. The van der Waals surface area contributed by atoms with Gasteiger partial charge in [-0.15, -0.1) is 0 Å². The number of hydrogen-bond donors (Lipinski definition) is 1. The smallest absolute Gasteiger partial charge is 0.0622 e. The van der Waals surface area contributed by atoms with Crippen molar-refractivity contribution in [3.05, 3.63) is 0 Å². The maximum atomic E-state index is 5.67. The molecular formula is C10H21NO2. The van der Waals surface area contributed by atoms with Crippen LogP contribution in [0.15, 0.2) is 0 Å². The quantitative estimate of drug-likeness (QED) is 0.721. The first-order chi connectivity index (χ1) is 6.22. The van der Waals surface area contributed by atoms with Crippen LogP contribution < -0.4 is 5.73 Å². The van der Waals surface area contributed by atoms with Crippen molar-refractivity contribution < 1.29 is 9.47 Å². The fraction of sp³-hybridized carbons (Fsp3) is 1.00. The third-order valence-corrected chi connectivity index (χ3v) is 2.37. The molecule has 0 aromatic rings. The van der Waals surface area contributed by atoms with Gasteiger partial charge in [-0.2, -0.15) is 0 Å². The Hall–Kier alpha value is -0.120. The molecule has 3 heteroatoms. The van der Waals surface area contributed by atoms with Crippen molar-refractivity contribution in [3.8, 4) is 0 Å². The molecule has 0 aromatic heterocycles. The van der Waals surface area contributed by atoms with Gasteiger partial charge in [0.15, 0.2) is 0 Å². The largest absolute Gasteiger partial charge is 0.378 e. The van der Waals surface area contributed by atoms with Crippen molar-refractivity contribution >= 4 is 0 Å². The predicted molar refractivity (Wildman–Crippen MR) is 52.7 cm³/mol. The molecule has 78 valence electrons. The van der Waals surface area contributed by atoms with Gasteiger partial charge in [-0.05, 0) is 26.2 Å². The zero-order valence-electron chi connectivity index (χ0n) is 8.66. The van der Waals surface area contributed by atoms with E-state index in [0.717, 1.165) is 25.9 Å². The van der Waals surface area contributed by atoms with E-state index in [1.807, 2.05) is 6.92 Å². The second-order valence-electron chi connectivity index (χ2n) is 3.86. The van der Waals surface area contributed by atoms with E-state index in [1.165, 1.54) is 0 Å². The molecule has 3 nitrogen and oxygen atoms in total. The Bertz CT molecular complexity index is 139. The van der Waals surface area contributed by atoms with Crippen LogP contribution in [0.2, 0.25) is 0 Å². The van der Waals surface area contributed by atoms with Gasteiger partial charge in [-0.1, -0.05) is 6.92 Å². The van der Waals surface area contributed by atoms with Gasteiger partial charge < -0.3 is 15.2 Å². The molecule has 1 heterocycles. The second kappa shape index (κ2) is 5.58. The van der Waals surface area contributed by atoms with Crippen molar-refractivity contribution in [2.75, 3.05) is 13.2 Å². The van der Waals surface area contributed by atoms with Crippen LogP contribution in [0.3, 0.4) is 0 Å². The van der Waals surface area contributed by atoms with Crippen LogP contribution in [0.4, 0.5) is 0 Å². The lowest BCUT2D eigenvalue weighted by Gasteiger charge is -2.29. The van der Waals surface area contributed by atoms with Gasteiger partial charge in [0.1, 0.15) is 0 Å². The number of rotatable bonds is 4. The van der Waals surface area contributed by atoms with Crippen LogP contribution >= 0.6 is 0 Å². The minimum atomic E-state index is 0.142. The summed E-state index contributed by atoms with van der Waals surface area (Å²) in [5, 5.41) is 0. The fourth-order valence-electron chi connectivity index (χ4n) is 1.57. The van der Waals surface area contributed by atoms with Crippen LogP contribution in [0, 0.1) is 0 Å². The first kappa shape index (κ1) is 11.0. The maximum absolute atomic E-state index is 5.67. The van der Waals surface area contributed by atoms with E-state index in [4.69, 9.17) is 15.2 Å². The summed E-state index contributed by atoms with van der Waals surface area (Å²) in [6, 6.07) is 0.142. The summed E-state index contributed by atoms with van der Waals surface area (Å²) in [5.41, 5.74) is 5.62. The molecule has 0 amide bonds. The van der Waals surface area contributed by atoms with E-state index in [9.17, 15) is 0 Å². The Labute approximate surface area is 80.6 Å². The third-order valence-electron chi connectivity index (χ3n) is 2.37. The molecule has 0 aliphatic carbocycles. The number of ether oxygens (including phenoxy) is 2. The van der Waals surface area contributed by atoms with Gasteiger partial charge in [0, 0.05) is 12.6 Å². The highest BCUT2D eigenvalue weighted by molar-refractivity contribution is 4.71. The normalized spacial score (nSPS) is 31.6. The van der Waals surface area contributed by atoms with Gasteiger partial charge in [-0.25, -0.2) is 0 Å². The van der Waals surface area contributed by atoms with E-state index in [2.05, 4.69) is 6.92 Å². The fourth-order valence-corrected chi connectivity index (χ4v) is 1.57. The summed E-state index contributed by atoms with van der Waals surface area (Å²) in [4.78, 5) is 0. The average molecular weight is 187 g/mol. The van der Waals surface area contributed by atoms with Crippen molar-refractivity contribution in [1.82, 2.24) is 0 Å². The first-order valence-electron chi connectivity index (χ1n) is 5.21. The van der Waals surface area contributed by atoms with Crippen LogP contribution in [0.1, 0.15) is 33.1 Å². The SMILES string of the molecule is CCC1CC(OCC(C)N)CCO1. The van der Waals surface area contributed by atoms with E-state index >= 15 is 0 Å². The monoisotopic (exact) mass is 187 g/mol. The topological polar surface area (TPSA) is 44.5 Å². The lowest BCUT2D eigenvalue weighted by atomic mass is 10.0. The van der Waals surface area contributed by atoms with Crippen LogP contribution in [0.25, 0.3) is 0 Å². The Balaban J connectivity index is 2.18. The molecule has 0 aromatic carbocycles. The summed E-state index contributed by atoms with van der Waals surface area (Å²) >= 11 is 0. The molecule has 0 radical (unpaired) electrons. The Morgan fingerprint density at radius 3 is 3.00 bits per heavy atom. The molecule has 0 bridgehead atoms. The zero-order chi connectivity index (χ0) is 9.68. The van der Waals surface area contributed by atoms with Crippen LogP contribution in [0.5, 0.6) is 0 Å². The van der Waals surface area contributed by atoms with Gasteiger partial charge >= 0.3 is 0 Å². The summed E-state index contributed by atoms with van der Waals surface area (Å²) in [5.74, 6) is 0. The molecular weight excluding hydrogens is 166 g/mol. The first-order valence-corrected chi connectivity index (χ1v) is 5.21. The minimum Gasteiger partial charge on any atom is -0.378 e. The summed E-state index contributed by atoms with van der Waals surface area (Å²) < 4.78 is 11.2. The minimum absolute atomic E-state index is 0.142. The standard InChI is InChI=1S/C10H21NO2/c1-3-9-6-10(4-5-12-9)13-7-8(2)11/h8-10H,3-7,11H2,1-2H3. The molecule has 1 aliphatic heterocycles. The van der Waals surface area contributed by atoms with E-state index < -0.39 is 0 Å².